The van der Waals surface area contributed by atoms with Gasteiger partial charge in [0.05, 0.1) is 0 Å². The molecule has 1 aromatic rings. The zero-order chi connectivity index (χ0) is 12.5. The highest BCUT2D eigenvalue weighted by atomic mass is 16.5. The second-order valence-corrected chi connectivity index (χ2v) is 4.44. The van der Waals surface area contributed by atoms with Gasteiger partial charge in [0, 0.05) is 18.7 Å². The Kier molecular flexibility index (Phi) is 6.97. The van der Waals surface area contributed by atoms with E-state index in [2.05, 4.69) is 18.3 Å². The molecule has 0 saturated heterocycles. The number of unbranched alkanes of at least 4 members (excludes halogenated alkanes) is 3. The molecular formula is C14H25NO2. The third-order valence-corrected chi connectivity index (χ3v) is 2.83. The first-order valence-electron chi connectivity index (χ1n) is 6.58. The first-order valence-corrected chi connectivity index (χ1v) is 6.58. The molecule has 1 heterocycles. The van der Waals surface area contributed by atoms with Crippen molar-refractivity contribution in [3.05, 3.63) is 23.2 Å². The lowest BCUT2D eigenvalue weighted by Crippen LogP contribution is -2.04. The summed E-state index contributed by atoms with van der Waals surface area (Å²) in [6.45, 7) is 6.50. The third kappa shape index (κ3) is 5.37. The molecule has 0 aromatic carbocycles. The summed E-state index contributed by atoms with van der Waals surface area (Å²) >= 11 is 0. The molecule has 0 aliphatic heterocycles. The van der Waals surface area contributed by atoms with Gasteiger partial charge in [-0.1, -0.05) is 26.2 Å². The molecule has 0 bridgehead atoms. The molecule has 3 nitrogen and oxygen atoms in total. The van der Waals surface area contributed by atoms with Gasteiger partial charge in [-0.25, -0.2) is 0 Å². The minimum atomic E-state index is 0.594. The molecule has 0 aliphatic rings. The highest BCUT2D eigenvalue weighted by Crippen LogP contribution is 2.15. The Morgan fingerprint density at radius 3 is 2.82 bits per heavy atom. The lowest BCUT2D eigenvalue weighted by molar-refractivity contribution is 0.102. The second kappa shape index (κ2) is 8.31. The Morgan fingerprint density at radius 2 is 2.12 bits per heavy atom. The quantitative estimate of drug-likeness (QED) is 0.671. The second-order valence-electron chi connectivity index (χ2n) is 4.44. The van der Waals surface area contributed by atoms with E-state index in [9.17, 15) is 0 Å². The molecule has 0 spiro atoms. The van der Waals surface area contributed by atoms with Crippen LogP contribution in [0.2, 0.25) is 0 Å². The van der Waals surface area contributed by atoms with Gasteiger partial charge in [-0.05, 0) is 26.5 Å². The van der Waals surface area contributed by atoms with Crippen LogP contribution in [0.1, 0.15) is 49.7 Å². The van der Waals surface area contributed by atoms with E-state index in [4.69, 9.17) is 9.15 Å². The van der Waals surface area contributed by atoms with E-state index in [-0.39, 0.29) is 0 Å². The predicted molar refractivity (Wildman–Crippen MR) is 70.0 cm³/mol. The number of furan rings is 1. The van der Waals surface area contributed by atoms with E-state index in [1.54, 1.807) is 0 Å². The normalized spacial score (nSPS) is 11.0. The summed E-state index contributed by atoms with van der Waals surface area (Å²) in [6.07, 6.45) is 4.98. The maximum atomic E-state index is 5.63. The van der Waals surface area contributed by atoms with Crippen LogP contribution in [-0.4, -0.2) is 13.7 Å². The SMILES string of the molecule is CCCCCCOCc1cc(CNC)c(C)o1. The minimum Gasteiger partial charge on any atom is -0.464 e. The predicted octanol–water partition coefficient (Wildman–Crippen LogP) is 3.40. The van der Waals surface area contributed by atoms with Crippen LogP contribution >= 0.6 is 0 Å². The van der Waals surface area contributed by atoms with Crippen molar-refractivity contribution in [3.63, 3.8) is 0 Å². The van der Waals surface area contributed by atoms with Crippen molar-refractivity contribution in [2.45, 2.75) is 52.7 Å². The van der Waals surface area contributed by atoms with Crippen LogP contribution in [0, 0.1) is 6.92 Å². The Hall–Kier alpha value is -0.800. The highest BCUT2D eigenvalue weighted by molar-refractivity contribution is 5.20. The molecule has 0 fully saturated rings. The topological polar surface area (TPSA) is 34.4 Å². The number of nitrogens with one attached hydrogen (secondary N) is 1. The van der Waals surface area contributed by atoms with Gasteiger partial charge in [0.25, 0.3) is 0 Å². The molecule has 0 amide bonds. The molecule has 0 saturated carbocycles. The maximum Gasteiger partial charge on any atom is 0.130 e. The van der Waals surface area contributed by atoms with Gasteiger partial charge in [0.2, 0.25) is 0 Å². The summed E-state index contributed by atoms with van der Waals surface area (Å²) < 4.78 is 11.2. The van der Waals surface area contributed by atoms with Crippen molar-refractivity contribution >= 4 is 0 Å². The van der Waals surface area contributed by atoms with E-state index in [0.29, 0.717) is 6.61 Å². The zero-order valence-electron chi connectivity index (χ0n) is 11.3. The van der Waals surface area contributed by atoms with E-state index in [1.807, 2.05) is 14.0 Å². The monoisotopic (exact) mass is 239 g/mol. The van der Waals surface area contributed by atoms with Crippen molar-refractivity contribution in [2.24, 2.45) is 0 Å². The summed E-state index contributed by atoms with van der Waals surface area (Å²) in [5.41, 5.74) is 1.22. The van der Waals surface area contributed by atoms with Crippen LogP contribution in [0.3, 0.4) is 0 Å². The number of ether oxygens (including phenoxy) is 1. The van der Waals surface area contributed by atoms with Gasteiger partial charge in [0.15, 0.2) is 0 Å². The summed E-state index contributed by atoms with van der Waals surface area (Å²) in [5.74, 6) is 1.92. The summed E-state index contributed by atoms with van der Waals surface area (Å²) in [6, 6.07) is 2.08. The lowest BCUT2D eigenvalue weighted by Gasteiger charge is -2.01. The van der Waals surface area contributed by atoms with Crippen LogP contribution in [0.15, 0.2) is 10.5 Å². The van der Waals surface area contributed by atoms with E-state index >= 15 is 0 Å². The Bertz CT molecular complexity index is 307. The van der Waals surface area contributed by atoms with Crippen LogP contribution in [0.4, 0.5) is 0 Å². The van der Waals surface area contributed by atoms with E-state index < -0.39 is 0 Å². The van der Waals surface area contributed by atoms with Gasteiger partial charge in [-0.3, -0.25) is 0 Å². The van der Waals surface area contributed by atoms with Crippen molar-refractivity contribution in [2.75, 3.05) is 13.7 Å². The molecule has 17 heavy (non-hydrogen) atoms. The summed E-state index contributed by atoms with van der Waals surface area (Å²) in [7, 11) is 1.94. The summed E-state index contributed by atoms with van der Waals surface area (Å²) in [4.78, 5) is 0. The third-order valence-electron chi connectivity index (χ3n) is 2.83. The molecule has 1 rings (SSSR count). The van der Waals surface area contributed by atoms with Gasteiger partial charge in [-0.2, -0.15) is 0 Å². The lowest BCUT2D eigenvalue weighted by atomic mass is 10.2. The molecule has 98 valence electrons. The Balaban J connectivity index is 2.20. The smallest absolute Gasteiger partial charge is 0.130 e. The van der Waals surface area contributed by atoms with Gasteiger partial charge < -0.3 is 14.5 Å². The van der Waals surface area contributed by atoms with Crippen molar-refractivity contribution < 1.29 is 9.15 Å². The molecule has 3 heteroatoms. The minimum absolute atomic E-state index is 0.594. The van der Waals surface area contributed by atoms with Crippen LogP contribution in [-0.2, 0) is 17.9 Å². The Morgan fingerprint density at radius 1 is 1.29 bits per heavy atom. The molecule has 0 aliphatic carbocycles. The molecule has 0 unspecified atom stereocenters. The maximum absolute atomic E-state index is 5.63. The van der Waals surface area contributed by atoms with Crippen LogP contribution in [0.5, 0.6) is 0 Å². The molecule has 1 aromatic heterocycles. The number of hydrogen-bond donors (Lipinski definition) is 1. The van der Waals surface area contributed by atoms with Gasteiger partial charge >= 0.3 is 0 Å². The molecule has 1 N–H and O–H groups in total. The number of aryl methyl sites for hydroxylation is 1. The van der Waals surface area contributed by atoms with Gasteiger partial charge in [0.1, 0.15) is 18.1 Å². The van der Waals surface area contributed by atoms with E-state index in [1.165, 1.54) is 24.8 Å². The van der Waals surface area contributed by atoms with Crippen molar-refractivity contribution in [3.8, 4) is 0 Å². The number of rotatable bonds is 9. The van der Waals surface area contributed by atoms with Crippen molar-refractivity contribution in [1.82, 2.24) is 5.32 Å². The first kappa shape index (κ1) is 14.3. The van der Waals surface area contributed by atoms with Crippen molar-refractivity contribution in [1.29, 1.82) is 0 Å². The average Bonchev–Trinajstić information content (AvgIpc) is 2.65. The molecular weight excluding hydrogens is 214 g/mol. The fourth-order valence-corrected chi connectivity index (χ4v) is 1.83. The average molecular weight is 239 g/mol. The summed E-state index contributed by atoms with van der Waals surface area (Å²) in [5, 5.41) is 3.13. The largest absolute Gasteiger partial charge is 0.464 e. The standard InChI is InChI=1S/C14H25NO2/c1-4-5-6-7-8-16-11-14-9-13(10-15-3)12(2)17-14/h9,15H,4-8,10-11H2,1-3H3. The van der Waals surface area contributed by atoms with E-state index in [0.717, 1.165) is 31.1 Å². The fraction of sp³-hybridized carbons (Fsp3) is 0.714. The number of hydrogen-bond acceptors (Lipinski definition) is 3. The molecule has 0 radical (unpaired) electrons. The van der Waals surface area contributed by atoms with Gasteiger partial charge in [-0.15, -0.1) is 0 Å². The Labute approximate surface area is 105 Å². The zero-order valence-corrected chi connectivity index (χ0v) is 11.3. The first-order chi connectivity index (χ1) is 8.27. The van der Waals surface area contributed by atoms with Crippen LogP contribution in [0.25, 0.3) is 0 Å². The van der Waals surface area contributed by atoms with Crippen LogP contribution < -0.4 is 5.32 Å². The molecule has 0 atom stereocenters. The highest BCUT2D eigenvalue weighted by Gasteiger charge is 2.06. The fourth-order valence-electron chi connectivity index (χ4n) is 1.83.